The Bertz CT molecular complexity index is 263. The van der Waals surface area contributed by atoms with E-state index in [4.69, 9.17) is 0 Å². The Balaban J connectivity index is 2.29. The second-order valence-corrected chi connectivity index (χ2v) is 3.74. The Morgan fingerprint density at radius 1 is 1.36 bits per heavy atom. The molecule has 1 rings (SSSR count). The highest BCUT2D eigenvalue weighted by atomic mass is 16.1. The van der Waals surface area contributed by atoms with Crippen LogP contribution < -0.4 is 5.32 Å². The van der Waals surface area contributed by atoms with Crippen LogP contribution >= 0.6 is 0 Å². The van der Waals surface area contributed by atoms with Gasteiger partial charge in [0.1, 0.15) is 0 Å². The van der Waals surface area contributed by atoms with Gasteiger partial charge in [0.15, 0.2) is 0 Å². The Hall–Kier alpha value is -1.05. The normalized spacial score (nSPS) is 15.9. The third-order valence-corrected chi connectivity index (χ3v) is 2.60. The van der Waals surface area contributed by atoms with Crippen molar-refractivity contribution in [2.24, 2.45) is 0 Å². The van der Waals surface area contributed by atoms with Crippen molar-refractivity contribution in [2.45, 2.75) is 39.5 Å². The molecule has 0 fully saturated rings. The molecule has 0 saturated carbocycles. The van der Waals surface area contributed by atoms with Crippen LogP contribution in [-0.4, -0.2) is 12.5 Å². The molecule has 0 spiro atoms. The fraction of sp³-hybridized carbons (Fsp3) is 0.583. The summed E-state index contributed by atoms with van der Waals surface area (Å²) in [5.74, 6) is 0.0613. The van der Waals surface area contributed by atoms with Crippen LogP contribution in [0.1, 0.15) is 39.5 Å². The van der Waals surface area contributed by atoms with E-state index in [0.717, 1.165) is 19.4 Å². The molecule has 0 aromatic carbocycles. The van der Waals surface area contributed by atoms with E-state index in [1.165, 1.54) is 24.0 Å². The smallest absolute Gasteiger partial charge is 0.216 e. The zero-order chi connectivity index (χ0) is 10.4. The molecule has 0 aromatic rings. The number of carbonyl (C=O) groups excluding carboxylic acids is 1. The van der Waals surface area contributed by atoms with Crippen LogP contribution in [0.15, 0.2) is 23.3 Å². The third-order valence-electron chi connectivity index (χ3n) is 2.60. The van der Waals surface area contributed by atoms with E-state index in [9.17, 15) is 4.79 Å². The molecule has 1 aliphatic carbocycles. The molecule has 0 aromatic heterocycles. The molecule has 78 valence electrons. The molecule has 2 heteroatoms. The minimum Gasteiger partial charge on any atom is -0.356 e. The van der Waals surface area contributed by atoms with Crippen molar-refractivity contribution in [2.75, 3.05) is 6.54 Å². The van der Waals surface area contributed by atoms with Crippen molar-refractivity contribution >= 4 is 5.91 Å². The SMILES string of the molecule is CCC1=CC=C(CCNC(C)=O)CC1. The molecule has 0 heterocycles. The maximum absolute atomic E-state index is 10.6. The largest absolute Gasteiger partial charge is 0.356 e. The van der Waals surface area contributed by atoms with E-state index < -0.39 is 0 Å². The van der Waals surface area contributed by atoms with Crippen LogP contribution in [0, 0.1) is 0 Å². The predicted molar refractivity (Wildman–Crippen MR) is 59.0 cm³/mol. The van der Waals surface area contributed by atoms with Gasteiger partial charge in [-0.2, -0.15) is 0 Å². The lowest BCUT2D eigenvalue weighted by molar-refractivity contribution is -0.118. The van der Waals surface area contributed by atoms with E-state index in [-0.39, 0.29) is 5.91 Å². The minimum atomic E-state index is 0.0613. The average Bonchev–Trinajstić information content (AvgIpc) is 2.18. The van der Waals surface area contributed by atoms with Gasteiger partial charge in [0.05, 0.1) is 0 Å². The standard InChI is InChI=1S/C12H19NO/c1-3-11-4-6-12(7-5-11)8-9-13-10(2)14/h4,6H,3,5,7-9H2,1-2H3,(H,13,14). The lowest BCUT2D eigenvalue weighted by atomic mass is 9.95. The summed E-state index contributed by atoms with van der Waals surface area (Å²) in [5, 5.41) is 2.82. The molecule has 14 heavy (non-hydrogen) atoms. The van der Waals surface area contributed by atoms with Crippen molar-refractivity contribution in [3.05, 3.63) is 23.3 Å². The Morgan fingerprint density at radius 2 is 2.00 bits per heavy atom. The van der Waals surface area contributed by atoms with E-state index in [1.54, 1.807) is 6.92 Å². The molecular weight excluding hydrogens is 174 g/mol. The molecule has 0 saturated heterocycles. The van der Waals surface area contributed by atoms with Crippen molar-refractivity contribution in [3.63, 3.8) is 0 Å². The van der Waals surface area contributed by atoms with Gasteiger partial charge >= 0.3 is 0 Å². The van der Waals surface area contributed by atoms with Crippen LogP contribution in [0.5, 0.6) is 0 Å². The van der Waals surface area contributed by atoms with Gasteiger partial charge in [0, 0.05) is 13.5 Å². The maximum Gasteiger partial charge on any atom is 0.216 e. The molecule has 1 aliphatic rings. The topological polar surface area (TPSA) is 29.1 Å². The van der Waals surface area contributed by atoms with E-state index in [0.29, 0.717) is 0 Å². The number of carbonyl (C=O) groups is 1. The Labute approximate surface area is 86.1 Å². The first-order valence-electron chi connectivity index (χ1n) is 5.34. The van der Waals surface area contributed by atoms with Crippen molar-refractivity contribution < 1.29 is 4.79 Å². The average molecular weight is 193 g/mol. The summed E-state index contributed by atoms with van der Waals surface area (Å²) < 4.78 is 0. The second kappa shape index (κ2) is 5.63. The maximum atomic E-state index is 10.6. The fourth-order valence-corrected chi connectivity index (χ4v) is 1.63. The number of allylic oxidation sites excluding steroid dienone is 3. The lowest BCUT2D eigenvalue weighted by Crippen LogP contribution is -2.21. The Kier molecular flexibility index (Phi) is 4.44. The molecular formula is C12H19NO. The van der Waals surface area contributed by atoms with Crippen LogP contribution in [-0.2, 0) is 4.79 Å². The molecule has 0 radical (unpaired) electrons. The monoisotopic (exact) mass is 193 g/mol. The molecule has 0 aliphatic heterocycles. The Morgan fingerprint density at radius 3 is 2.50 bits per heavy atom. The quantitative estimate of drug-likeness (QED) is 0.730. The number of rotatable bonds is 4. The molecule has 1 amide bonds. The summed E-state index contributed by atoms with van der Waals surface area (Å²) in [6, 6.07) is 0. The van der Waals surface area contributed by atoms with Gasteiger partial charge in [-0.1, -0.05) is 30.2 Å². The molecule has 0 unspecified atom stereocenters. The zero-order valence-electron chi connectivity index (χ0n) is 9.10. The van der Waals surface area contributed by atoms with Gasteiger partial charge in [0.25, 0.3) is 0 Å². The molecule has 0 atom stereocenters. The summed E-state index contributed by atoms with van der Waals surface area (Å²) in [6.07, 6.45) is 8.96. The first kappa shape index (κ1) is 11.0. The number of nitrogens with one attached hydrogen (secondary N) is 1. The van der Waals surface area contributed by atoms with Gasteiger partial charge in [-0.15, -0.1) is 0 Å². The summed E-state index contributed by atoms with van der Waals surface area (Å²) in [5.41, 5.74) is 2.99. The lowest BCUT2D eigenvalue weighted by Gasteiger charge is -2.13. The van der Waals surface area contributed by atoms with Gasteiger partial charge in [0.2, 0.25) is 5.91 Å². The third kappa shape index (κ3) is 3.77. The molecule has 0 bridgehead atoms. The highest BCUT2D eigenvalue weighted by molar-refractivity contribution is 5.72. The molecule has 2 nitrogen and oxygen atoms in total. The van der Waals surface area contributed by atoms with Crippen LogP contribution in [0.3, 0.4) is 0 Å². The van der Waals surface area contributed by atoms with Crippen molar-refractivity contribution in [1.82, 2.24) is 5.32 Å². The zero-order valence-corrected chi connectivity index (χ0v) is 9.10. The predicted octanol–water partition coefficient (Wildman–Crippen LogP) is 2.57. The van der Waals surface area contributed by atoms with Gasteiger partial charge < -0.3 is 5.32 Å². The van der Waals surface area contributed by atoms with Gasteiger partial charge in [-0.3, -0.25) is 4.79 Å². The van der Waals surface area contributed by atoms with Crippen LogP contribution in [0.2, 0.25) is 0 Å². The fourth-order valence-electron chi connectivity index (χ4n) is 1.63. The van der Waals surface area contributed by atoms with Gasteiger partial charge in [-0.05, 0) is 25.7 Å². The number of hydrogen-bond acceptors (Lipinski definition) is 1. The summed E-state index contributed by atoms with van der Waals surface area (Å²) >= 11 is 0. The highest BCUT2D eigenvalue weighted by Gasteiger charge is 2.04. The summed E-state index contributed by atoms with van der Waals surface area (Å²) in [4.78, 5) is 10.6. The number of hydrogen-bond donors (Lipinski definition) is 1. The highest BCUT2D eigenvalue weighted by Crippen LogP contribution is 2.21. The van der Waals surface area contributed by atoms with Crippen LogP contribution in [0.4, 0.5) is 0 Å². The van der Waals surface area contributed by atoms with E-state index >= 15 is 0 Å². The summed E-state index contributed by atoms with van der Waals surface area (Å²) in [7, 11) is 0. The second-order valence-electron chi connectivity index (χ2n) is 3.74. The first-order valence-corrected chi connectivity index (χ1v) is 5.34. The van der Waals surface area contributed by atoms with Gasteiger partial charge in [-0.25, -0.2) is 0 Å². The van der Waals surface area contributed by atoms with E-state index in [1.807, 2.05) is 0 Å². The summed E-state index contributed by atoms with van der Waals surface area (Å²) in [6.45, 7) is 4.53. The van der Waals surface area contributed by atoms with Crippen molar-refractivity contribution in [1.29, 1.82) is 0 Å². The van der Waals surface area contributed by atoms with Crippen LogP contribution in [0.25, 0.3) is 0 Å². The van der Waals surface area contributed by atoms with Crippen molar-refractivity contribution in [3.8, 4) is 0 Å². The molecule has 1 N–H and O–H groups in total. The number of amides is 1. The van der Waals surface area contributed by atoms with E-state index in [2.05, 4.69) is 24.4 Å². The first-order chi connectivity index (χ1) is 6.72. The minimum absolute atomic E-state index is 0.0613.